The Morgan fingerprint density at radius 2 is 1.43 bits per heavy atom. The quantitative estimate of drug-likeness (QED) is 0.591. The average Bonchev–Trinajstić information content (AvgIpc) is 2.71. The molecule has 21 heavy (non-hydrogen) atoms. The van der Waals surface area contributed by atoms with E-state index in [1.807, 2.05) is 0 Å². The number of nitrogens with zero attached hydrogens (tertiary/aromatic N) is 1. The largest absolute Gasteiger partial charge is 0.327 e. The number of hydrogen-bond donors (Lipinski definition) is 1. The molecule has 2 heteroatoms. The van der Waals surface area contributed by atoms with E-state index in [-0.39, 0.29) is 0 Å². The first-order valence-electron chi connectivity index (χ1n) is 9.70. The Bertz CT molecular complexity index is 265. The average molecular weight is 295 g/mol. The molecule has 0 spiro atoms. The second kappa shape index (κ2) is 9.15. The molecule has 0 aromatic heterocycles. The van der Waals surface area contributed by atoms with Crippen LogP contribution in [0.3, 0.4) is 0 Å². The number of hydrogen-bond acceptors (Lipinski definition) is 2. The number of nitrogens with two attached hydrogens (primary N) is 1. The molecule has 2 nitrogen and oxygen atoms in total. The third-order valence-electron chi connectivity index (χ3n) is 6.13. The van der Waals surface area contributed by atoms with Crippen LogP contribution < -0.4 is 5.73 Å². The Kier molecular flexibility index (Phi) is 7.53. The van der Waals surface area contributed by atoms with Crippen LogP contribution in [-0.4, -0.2) is 30.1 Å². The molecule has 0 aromatic carbocycles. The summed E-state index contributed by atoms with van der Waals surface area (Å²) in [6.45, 7) is 2.29. The molecule has 2 heterocycles. The van der Waals surface area contributed by atoms with E-state index < -0.39 is 0 Å². The molecule has 2 aliphatic heterocycles. The molecule has 2 aliphatic rings. The maximum atomic E-state index is 6.51. The van der Waals surface area contributed by atoms with E-state index in [0.29, 0.717) is 6.04 Å². The van der Waals surface area contributed by atoms with Crippen molar-refractivity contribution in [2.24, 2.45) is 11.7 Å². The van der Waals surface area contributed by atoms with Gasteiger partial charge in [0.05, 0.1) is 0 Å². The zero-order valence-corrected chi connectivity index (χ0v) is 14.5. The molecular weight excluding hydrogens is 256 g/mol. The molecule has 2 saturated heterocycles. The van der Waals surface area contributed by atoms with Crippen LogP contribution in [0.25, 0.3) is 0 Å². The maximum absolute atomic E-state index is 6.51. The van der Waals surface area contributed by atoms with Gasteiger partial charge in [-0.15, -0.1) is 0 Å². The Balaban J connectivity index is 1.51. The van der Waals surface area contributed by atoms with E-state index >= 15 is 0 Å². The molecule has 0 amide bonds. The van der Waals surface area contributed by atoms with Crippen molar-refractivity contribution >= 4 is 0 Å². The van der Waals surface area contributed by atoms with E-state index in [4.69, 9.17) is 5.73 Å². The van der Waals surface area contributed by atoms with Gasteiger partial charge in [0.2, 0.25) is 0 Å². The Labute approximate surface area is 132 Å². The summed E-state index contributed by atoms with van der Waals surface area (Å²) < 4.78 is 0. The molecule has 3 atom stereocenters. The predicted molar refractivity (Wildman–Crippen MR) is 92.5 cm³/mol. The van der Waals surface area contributed by atoms with Crippen LogP contribution in [0, 0.1) is 5.92 Å². The Hall–Kier alpha value is -0.0800. The van der Waals surface area contributed by atoms with Crippen molar-refractivity contribution in [1.82, 2.24) is 4.90 Å². The summed E-state index contributed by atoms with van der Waals surface area (Å²) in [5.74, 6) is 0.809. The first-order valence-corrected chi connectivity index (χ1v) is 9.70. The van der Waals surface area contributed by atoms with Gasteiger partial charge in [-0.25, -0.2) is 0 Å². The summed E-state index contributed by atoms with van der Waals surface area (Å²) in [5.41, 5.74) is 6.51. The molecule has 3 unspecified atom stereocenters. The van der Waals surface area contributed by atoms with Gasteiger partial charge in [-0.05, 0) is 45.1 Å². The molecular formula is C19H38N2. The second-order valence-electron chi connectivity index (χ2n) is 7.71. The standard InChI is InChI=1S/C19H38N2/c1-3-4-5-6-7-8-9-10-11-19(20)16-14-17-12-13-18(15-16)21(17)2/h16-19H,3-15,20H2,1-2H3. The fourth-order valence-corrected chi connectivity index (χ4v) is 4.55. The Morgan fingerprint density at radius 3 is 2.00 bits per heavy atom. The van der Waals surface area contributed by atoms with Gasteiger partial charge >= 0.3 is 0 Å². The van der Waals surface area contributed by atoms with Gasteiger partial charge in [0.25, 0.3) is 0 Å². The lowest BCUT2D eigenvalue weighted by atomic mass is 9.83. The van der Waals surface area contributed by atoms with Crippen molar-refractivity contribution < 1.29 is 0 Å². The molecule has 0 radical (unpaired) electrons. The van der Waals surface area contributed by atoms with Gasteiger partial charge in [-0.3, -0.25) is 0 Å². The molecule has 0 aliphatic carbocycles. The van der Waals surface area contributed by atoms with Crippen molar-refractivity contribution in [3.8, 4) is 0 Å². The zero-order chi connectivity index (χ0) is 15.1. The molecule has 2 fully saturated rings. The maximum Gasteiger partial charge on any atom is 0.00989 e. The van der Waals surface area contributed by atoms with Gasteiger partial charge in [0.15, 0.2) is 0 Å². The lowest BCUT2D eigenvalue weighted by Gasteiger charge is -2.38. The van der Waals surface area contributed by atoms with Gasteiger partial charge in [-0.2, -0.15) is 0 Å². The fraction of sp³-hybridized carbons (Fsp3) is 1.00. The van der Waals surface area contributed by atoms with Crippen LogP contribution in [0.2, 0.25) is 0 Å². The van der Waals surface area contributed by atoms with Crippen LogP contribution in [-0.2, 0) is 0 Å². The summed E-state index contributed by atoms with van der Waals surface area (Å²) in [6.07, 6.45) is 18.1. The lowest BCUT2D eigenvalue weighted by Crippen LogP contribution is -2.45. The van der Waals surface area contributed by atoms with E-state index in [0.717, 1.165) is 18.0 Å². The highest BCUT2D eigenvalue weighted by atomic mass is 15.2. The van der Waals surface area contributed by atoms with E-state index in [9.17, 15) is 0 Å². The zero-order valence-electron chi connectivity index (χ0n) is 14.5. The summed E-state index contributed by atoms with van der Waals surface area (Å²) >= 11 is 0. The summed E-state index contributed by atoms with van der Waals surface area (Å²) in [7, 11) is 2.32. The first-order chi connectivity index (χ1) is 10.2. The van der Waals surface area contributed by atoms with E-state index in [1.165, 1.54) is 83.5 Å². The number of unbranched alkanes of at least 4 members (excludes halogenated alkanes) is 7. The highest BCUT2D eigenvalue weighted by Crippen LogP contribution is 2.39. The summed E-state index contributed by atoms with van der Waals surface area (Å²) in [6, 6.07) is 2.17. The minimum atomic E-state index is 0.474. The number of piperidine rings is 1. The molecule has 2 rings (SSSR count). The van der Waals surface area contributed by atoms with Crippen LogP contribution in [0.15, 0.2) is 0 Å². The molecule has 0 aromatic rings. The molecule has 124 valence electrons. The first kappa shape index (κ1) is 17.3. The normalized spacial score (nSPS) is 30.7. The van der Waals surface area contributed by atoms with E-state index in [1.54, 1.807) is 0 Å². The van der Waals surface area contributed by atoms with Crippen molar-refractivity contribution in [1.29, 1.82) is 0 Å². The van der Waals surface area contributed by atoms with Gasteiger partial charge in [0, 0.05) is 18.1 Å². The summed E-state index contributed by atoms with van der Waals surface area (Å²) in [5, 5.41) is 0. The number of rotatable bonds is 10. The second-order valence-corrected chi connectivity index (χ2v) is 7.71. The van der Waals surface area contributed by atoms with Gasteiger partial charge in [0.1, 0.15) is 0 Å². The molecule has 0 saturated carbocycles. The Morgan fingerprint density at radius 1 is 0.905 bits per heavy atom. The third kappa shape index (κ3) is 5.25. The topological polar surface area (TPSA) is 29.3 Å². The van der Waals surface area contributed by atoms with Crippen LogP contribution in [0.4, 0.5) is 0 Å². The van der Waals surface area contributed by atoms with Gasteiger partial charge in [-0.1, -0.05) is 58.3 Å². The third-order valence-corrected chi connectivity index (χ3v) is 6.13. The fourth-order valence-electron chi connectivity index (χ4n) is 4.55. The van der Waals surface area contributed by atoms with E-state index in [2.05, 4.69) is 18.9 Å². The highest BCUT2D eigenvalue weighted by molar-refractivity contribution is 4.95. The minimum absolute atomic E-state index is 0.474. The van der Waals surface area contributed by atoms with Crippen LogP contribution in [0.1, 0.15) is 90.4 Å². The smallest absolute Gasteiger partial charge is 0.00989 e. The van der Waals surface area contributed by atoms with Crippen LogP contribution >= 0.6 is 0 Å². The van der Waals surface area contributed by atoms with Crippen LogP contribution in [0.5, 0.6) is 0 Å². The monoisotopic (exact) mass is 294 g/mol. The van der Waals surface area contributed by atoms with Gasteiger partial charge < -0.3 is 10.6 Å². The molecule has 2 N–H and O–H groups in total. The van der Waals surface area contributed by atoms with Crippen molar-refractivity contribution in [3.05, 3.63) is 0 Å². The highest BCUT2D eigenvalue weighted by Gasteiger charge is 2.39. The van der Waals surface area contributed by atoms with Crippen molar-refractivity contribution in [2.45, 2.75) is 109 Å². The SMILES string of the molecule is CCCCCCCCCCC(N)C1CC2CCC(C1)N2C. The molecule has 2 bridgehead atoms. The lowest BCUT2D eigenvalue weighted by molar-refractivity contribution is 0.118. The minimum Gasteiger partial charge on any atom is -0.327 e. The summed E-state index contributed by atoms with van der Waals surface area (Å²) in [4.78, 5) is 2.62. The predicted octanol–water partition coefficient (Wildman–Crippen LogP) is 4.72. The number of fused-ring (bicyclic) bond motifs is 2. The van der Waals surface area contributed by atoms with Crippen molar-refractivity contribution in [2.75, 3.05) is 7.05 Å². The van der Waals surface area contributed by atoms with Crippen molar-refractivity contribution in [3.63, 3.8) is 0 Å².